The summed E-state index contributed by atoms with van der Waals surface area (Å²) in [6.45, 7) is 2.18. The molecule has 0 saturated heterocycles. The summed E-state index contributed by atoms with van der Waals surface area (Å²) in [5.74, 6) is 7.81. The van der Waals surface area contributed by atoms with E-state index in [2.05, 4.69) is 42.7 Å². The molecule has 1 fully saturated rings. The maximum absolute atomic E-state index is 11.7. The zero-order chi connectivity index (χ0) is 24.9. The van der Waals surface area contributed by atoms with E-state index >= 15 is 0 Å². The second-order valence-corrected chi connectivity index (χ2v) is 8.77. The van der Waals surface area contributed by atoms with Crippen molar-refractivity contribution in [3.63, 3.8) is 0 Å². The summed E-state index contributed by atoms with van der Waals surface area (Å²) in [6, 6.07) is 15.0. The molecule has 1 aliphatic carbocycles. The van der Waals surface area contributed by atoms with Crippen LogP contribution in [0.15, 0.2) is 61.1 Å². The van der Waals surface area contributed by atoms with E-state index in [0.29, 0.717) is 28.4 Å². The fourth-order valence-corrected chi connectivity index (χ4v) is 3.63. The van der Waals surface area contributed by atoms with Gasteiger partial charge in [0.15, 0.2) is 0 Å². The Labute approximate surface area is 213 Å². The fraction of sp³-hybridized carbons (Fsp3) is 0.185. The number of aromatic nitrogens is 3. The third kappa shape index (κ3) is 6.01. The van der Waals surface area contributed by atoms with E-state index in [4.69, 9.17) is 16.3 Å². The number of pyridine rings is 1. The summed E-state index contributed by atoms with van der Waals surface area (Å²) in [7, 11) is 0. The van der Waals surface area contributed by atoms with Crippen LogP contribution in [0.5, 0.6) is 11.5 Å². The highest BCUT2D eigenvalue weighted by Crippen LogP contribution is 2.33. The third-order valence-electron chi connectivity index (χ3n) is 5.42. The zero-order valence-electron chi connectivity index (χ0n) is 19.5. The number of hydrogen-bond donors (Lipinski definition) is 3. The molecule has 9 heteroatoms. The largest absolute Gasteiger partial charge is 0.454 e. The lowest BCUT2D eigenvalue weighted by Crippen LogP contribution is -2.36. The van der Waals surface area contributed by atoms with Crippen LogP contribution in [0.3, 0.4) is 0 Å². The van der Waals surface area contributed by atoms with Gasteiger partial charge < -0.3 is 20.7 Å². The van der Waals surface area contributed by atoms with Crippen LogP contribution >= 0.6 is 11.6 Å². The zero-order valence-corrected chi connectivity index (χ0v) is 20.3. The molecule has 0 aliphatic heterocycles. The van der Waals surface area contributed by atoms with E-state index in [-0.39, 0.29) is 12.6 Å². The summed E-state index contributed by atoms with van der Waals surface area (Å²) in [5, 5.41) is 10.2. The lowest BCUT2D eigenvalue weighted by molar-refractivity contribution is 0.241. The first-order valence-electron chi connectivity index (χ1n) is 11.5. The minimum Gasteiger partial charge on any atom is -0.454 e. The first kappa shape index (κ1) is 23.4. The van der Waals surface area contributed by atoms with Crippen LogP contribution in [0.25, 0.3) is 10.9 Å². The summed E-state index contributed by atoms with van der Waals surface area (Å²) >= 11 is 6.47. The molecule has 0 spiro atoms. The Kier molecular flexibility index (Phi) is 6.83. The van der Waals surface area contributed by atoms with Crippen LogP contribution < -0.4 is 20.7 Å². The molecule has 36 heavy (non-hydrogen) atoms. The topological polar surface area (TPSA) is 101 Å². The molecule has 0 unspecified atom stereocenters. The van der Waals surface area contributed by atoms with Crippen LogP contribution in [0.1, 0.15) is 24.1 Å². The van der Waals surface area contributed by atoms with Crippen LogP contribution in [0.2, 0.25) is 5.02 Å². The minimum absolute atomic E-state index is 0.184. The summed E-state index contributed by atoms with van der Waals surface area (Å²) in [6.07, 6.45) is 5.25. The molecule has 180 valence electrons. The van der Waals surface area contributed by atoms with E-state index in [1.807, 2.05) is 43.3 Å². The highest BCUT2D eigenvalue weighted by Gasteiger charge is 2.22. The van der Waals surface area contributed by atoms with E-state index in [1.54, 1.807) is 18.3 Å². The van der Waals surface area contributed by atoms with Crippen molar-refractivity contribution in [2.45, 2.75) is 25.8 Å². The standard InChI is InChI=1S/C27H23ClN6O2/c1-17-4-9-21(15-30-17)36-25-11-8-20(14-23(25)28)33-26-22-13-18(5-10-24(22)31-16-32-26)3-2-12-29-27(35)34-19-6-7-19/h4-5,8-11,13-16,19H,6-7,12H2,1H3,(H2,29,34,35)(H,31,32,33). The maximum Gasteiger partial charge on any atom is 0.315 e. The monoisotopic (exact) mass is 498 g/mol. The molecule has 0 bridgehead atoms. The molecular weight excluding hydrogens is 476 g/mol. The second kappa shape index (κ2) is 10.5. The van der Waals surface area contributed by atoms with Gasteiger partial charge in [0.25, 0.3) is 0 Å². The first-order valence-corrected chi connectivity index (χ1v) is 11.9. The number of carbonyl (C=O) groups excluding carboxylic acids is 1. The Morgan fingerprint density at radius 1 is 1.11 bits per heavy atom. The Balaban J connectivity index is 1.29. The van der Waals surface area contributed by atoms with Gasteiger partial charge in [-0.05, 0) is 68.3 Å². The Morgan fingerprint density at radius 3 is 2.78 bits per heavy atom. The number of nitrogens with one attached hydrogen (secondary N) is 3. The minimum atomic E-state index is -0.184. The van der Waals surface area contributed by atoms with Crippen molar-refractivity contribution < 1.29 is 9.53 Å². The fourth-order valence-electron chi connectivity index (χ4n) is 3.41. The van der Waals surface area contributed by atoms with Crippen LogP contribution in [-0.4, -0.2) is 33.6 Å². The molecule has 2 amide bonds. The normalized spacial score (nSPS) is 12.4. The van der Waals surface area contributed by atoms with Gasteiger partial charge in [0.05, 0.1) is 23.3 Å². The molecule has 8 nitrogen and oxygen atoms in total. The Bertz CT molecular complexity index is 1480. The molecule has 0 radical (unpaired) electrons. The molecule has 2 heterocycles. The molecule has 4 aromatic rings. The van der Waals surface area contributed by atoms with Gasteiger partial charge >= 0.3 is 6.03 Å². The van der Waals surface area contributed by atoms with Crippen molar-refractivity contribution in [1.29, 1.82) is 0 Å². The van der Waals surface area contributed by atoms with E-state index in [1.165, 1.54) is 6.33 Å². The first-order chi connectivity index (χ1) is 17.5. The summed E-state index contributed by atoms with van der Waals surface area (Å²) in [5.41, 5.74) is 3.22. The number of urea groups is 1. The predicted octanol–water partition coefficient (Wildman–Crippen LogP) is 5.34. The van der Waals surface area contributed by atoms with Gasteiger partial charge in [-0.25, -0.2) is 14.8 Å². The van der Waals surface area contributed by atoms with Gasteiger partial charge in [-0.1, -0.05) is 23.4 Å². The van der Waals surface area contributed by atoms with Crippen LogP contribution in [0.4, 0.5) is 16.3 Å². The van der Waals surface area contributed by atoms with Crippen molar-refractivity contribution in [3.05, 3.63) is 77.3 Å². The smallest absolute Gasteiger partial charge is 0.315 e. The predicted molar refractivity (Wildman–Crippen MR) is 140 cm³/mol. The van der Waals surface area contributed by atoms with Crippen molar-refractivity contribution in [2.75, 3.05) is 11.9 Å². The van der Waals surface area contributed by atoms with Gasteiger partial charge in [0, 0.05) is 28.4 Å². The molecule has 3 N–H and O–H groups in total. The Morgan fingerprint density at radius 2 is 2.00 bits per heavy atom. The van der Waals surface area contributed by atoms with E-state index in [9.17, 15) is 4.79 Å². The van der Waals surface area contributed by atoms with Crippen LogP contribution in [-0.2, 0) is 0 Å². The van der Waals surface area contributed by atoms with Crippen molar-refractivity contribution in [1.82, 2.24) is 25.6 Å². The Hall–Kier alpha value is -4.35. The van der Waals surface area contributed by atoms with E-state index in [0.717, 1.165) is 40.7 Å². The molecule has 1 saturated carbocycles. The van der Waals surface area contributed by atoms with Crippen molar-refractivity contribution >= 4 is 40.0 Å². The average molecular weight is 499 g/mol. The maximum atomic E-state index is 11.7. The molecule has 1 aliphatic rings. The van der Waals surface area contributed by atoms with Gasteiger partial charge in [0.2, 0.25) is 0 Å². The number of nitrogens with zero attached hydrogens (tertiary/aromatic N) is 3. The van der Waals surface area contributed by atoms with Crippen molar-refractivity contribution in [2.24, 2.45) is 0 Å². The quantitative estimate of drug-likeness (QED) is 0.310. The number of aryl methyl sites for hydroxylation is 1. The van der Waals surface area contributed by atoms with Gasteiger partial charge in [-0.2, -0.15) is 0 Å². The van der Waals surface area contributed by atoms with Gasteiger partial charge in [-0.3, -0.25) is 4.98 Å². The molecule has 0 atom stereocenters. The summed E-state index contributed by atoms with van der Waals surface area (Å²) < 4.78 is 5.85. The second-order valence-electron chi connectivity index (χ2n) is 8.36. The van der Waals surface area contributed by atoms with Crippen molar-refractivity contribution in [3.8, 4) is 23.3 Å². The number of rotatable bonds is 6. The third-order valence-corrected chi connectivity index (χ3v) is 5.72. The van der Waals surface area contributed by atoms with Crippen LogP contribution in [0, 0.1) is 18.8 Å². The number of ether oxygens (including phenoxy) is 1. The lowest BCUT2D eigenvalue weighted by atomic mass is 10.1. The highest BCUT2D eigenvalue weighted by molar-refractivity contribution is 6.32. The number of halogens is 1. The number of carbonyl (C=O) groups is 1. The number of benzene rings is 2. The average Bonchev–Trinajstić information content (AvgIpc) is 3.69. The van der Waals surface area contributed by atoms with E-state index < -0.39 is 0 Å². The molecule has 5 rings (SSSR count). The number of amides is 2. The molecule has 2 aromatic heterocycles. The summed E-state index contributed by atoms with van der Waals surface area (Å²) in [4.78, 5) is 24.7. The highest BCUT2D eigenvalue weighted by atomic mass is 35.5. The van der Waals surface area contributed by atoms with Gasteiger partial charge in [-0.15, -0.1) is 0 Å². The lowest BCUT2D eigenvalue weighted by Gasteiger charge is -2.12. The number of hydrogen-bond acceptors (Lipinski definition) is 6. The van der Waals surface area contributed by atoms with Gasteiger partial charge in [0.1, 0.15) is 23.6 Å². The number of fused-ring (bicyclic) bond motifs is 1. The SMILES string of the molecule is Cc1ccc(Oc2ccc(Nc3ncnc4ccc(C#CCNC(=O)NC5CC5)cc34)cc2Cl)cn1. The number of anilines is 2. The molecular formula is C27H23ClN6O2. The molecule has 2 aromatic carbocycles.